The Hall–Kier alpha value is -3.17. The third kappa shape index (κ3) is 14.5. The lowest BCUT2D eigenvalue weighted by atomic mass is 9.77. The molecule has 0 spiro atoms. The van der Waals surface area contributed by atoms with Gasteiger partial charge in [0.25, 0.3) is 0 Å². The van der Waals surface area contributed by atoms with E-state index < -0.39 is 0 Å². The van der Waals surface area contributed by atoms with Crippen molar-refractivity contribution in [3.63, 3.8) is 0 Å². The summed E-state index contributed by atoms with van der Waals surface area (Å²) in [6.45, 7) is 10.1. The summed E-state index contributed by atoms with van der Waals surface area (Å²) >= 11 is 1.89. The predicted octanol–water partition coefficient (Wildman–Crippen LogP) is 17.1. The molecule has 0 saturated heterocycles. The number of hydrogen-bond donors (Lipinski definition) is 0. The van der Waals surface area contributed by atoms with Crippen LogP contribution in [0.15, 0.2) is 94.7 Å². The molecule has 2 aliphatic rings. The molecule has 320 valence electrons. The minimum Gasteiger partial charge on any atom is -0.494 e. The van der Waals surface area contributed by atoms with E-state index in [1.54, 1.807) is 0 Å². The van der Waals surface area contributed by atoms with Gasteiger partial charge in [-0.1, -0.05) is 151 Å². The summed E-state index contributed by atoms with van der Waals surface area (Å²) in [5.41, 5.74) is 8.46. The molecule has 4 aromatic carbocycles. The highest BCUT2D eigenvalue weighted by Crippen LogP contribution is 2.41. The van der Waals surface area contributed by atoms with Gasteiger partial charge in [0.1, 0.15) is 11.5 Å². The van der Waals surface area contributed by atoms with Crippen LogP contribution < -0.4 is 9.47 Å². The van der Waals surface area contributed by atoms with Gasteiger partial charge in [-0.25, -0.2) is 0 Å². The molecule has 2 fully saturated rings. The standard InChI is InChI=1S/C56H78O2S/c1-5-9-11-13-15-17-43-19-27-47(28-20-43)49-31-23-45(24-32-49)39-51-41-53(57-7-3)35-37-55(51)59-56-38-36-54(58-8-4)42-52(56)40-46-25-33-50(34-26-46)48-29-21-44(22-30-48)18-16-14-12-10-6-2/h23-26,31-38,41-44,47-48H,5-22,27-30,39-40H2,1-4H3/t43-,44-,47-,48-. The van der Waals surface area contributed by atoms with E-state index in [-0.39, 0.29) is 0 Å². The molecule has 59 heavy (non-hydrogen) atoms. The largest absolute Gasteiger partial charge is 0.494 e. The van der Waals surface area contributed by atoms with Crippen molar-refractivity contribution in [1.29, 1.82) is 0 Å². The van der Waals surface area contributed by atoms with E-state index >= 15 is 0 Å². The van der Waals surface area contributed by atoms with Gasteiger partial charge in [0.05, 0.1) is 13.2 Å². The minimum atomic E-state index is 0.671. The van der Waals surface area contributed by atoms with Crippen molar-refractivity contribution in [3.05, 3.63) is 118 Å². The van der Waals surface area contributed by atoms with E-state index in [1.165, 1.54) is 172 Å². The first-order chi connectivity index (χ1) is 29.0. The van der Waals surface area contributed by atoms with Crippen LogP contribution in [0.4, 0.5) is 0 Å². The molecule has 2 nitrogen and oxygen atoms in total. The monoisotopic (exact) mass is 815 g/mol. The number of hydrogen-bond acceptors (Lipinski definition) is 3. The first-order valence-corrected chi connectivity index (χ1v) is 25.2. The fourth-order valence-corrected chi connectivity index (χ4v) is 11.1. The molecule has 0 aromatic heterocycles. The normalized spacial score (nSPS) is 19.5. The lowest BCUT2D eigenvalue weighted by Crippen LogP contribution is -2.13. The number of unbranched alkanes of at least 4 members (excludes halogenated alkanes) is 8. The van der Waals surface area contributed by atoms with Crippen LogP contribution in [0.3, 0.4) is 0 Å². The molecule has 0 heterocycles. The molecular formula is C56H78O2S. The van der Waals surface area contributed by atoms with Gasteiger partial charge >= 0.3 is 0 Å². The van der Waals surface area contributed by atoms with E-state index in [0.29, 0.717) is 13.2 Å². The SMILES string of the molecule is CCCCCCC[C@H]1CC[C@H](c2ccc(Cc3cc(OCC)ccc3Sc3ccc(OCC)cc3Cc3ccc([C@H]4CC[C@H](CCCCCCC)CC4)cc3)cc2)CC1. The second-order valence-electron chi connectivity index (χ2n) is 18.2. The Morgan fingerprint density at radius 1 is 0.441 bits per heavy atom. The topological polar surface area (TPSA) is 18.5 Å². The highest BCUT2D eigenvalue weighted by molar-refractivity contribution is 7.99. The summed E-state index contributed by atoms with van der Waals surface area (Å²) in [6.07, 6.45) is 29.8. The summed E-state index contributed by atoms with van der Waals surface area (Å²) in [6, 6.07) is 32.7. The van der Waals surface area contributed by atoms with Gasteiger partial charge in [0, 0.05) is 9.79 Å². The van der Waals surface area contributed by atoms with Crippen LogP contribution in [0.1, 0.15) is 201 Å². The van der Waals surface area contributed by atoms with Gasteiger partial charge in [0.15, 0.2) is 0 Å². The van der Waals surface area contributed by atoms with Gasteiger partial charge < -0.3 is 9.47 Å². The Morgan fingerprint density at radius 2 is 0.831 bits per heavy atom. The summed E-state index contributed by atoms with van der Waals surface area (Å²) < 4.78 is 12.1. The van der Waals surface area contributed by atoms with Crippen molar-refractivity contribution in [2.75, 3.05) is 13.2 Å². The van der Waals surface area contributed by atoms with Crippen LogP contribution >= 0.6 is 11.8 Å². The Balaban J connectivity index is 1.09. The molecule has 4 aromatic rings. The molecule has 0 amide bonds. The van der Waals surface area contributed by atoms with Crippen LogP contribution in [0, 0.1) is 11.8 Å². The fraction of sp³-hybridized carbons (Fsp3) is 0.571. The van der Waals surface area contributed by atoms with Crippen molar-refractivity contribution in [2.24, 2.45) is 11.8 Å². The maximum atomic E-state index is 6.04. The molecule has 6 rings (SSSR count). The van der Waals surface area contributed by atoms with Crippen LogP contribution in [0.5, 0.6) is 11.5 Å². The minimum absolute atomic E-state index is 0.671. The first kappa shape index (κ1) is 45.4. The van der Waals surface area contributed by atoms with Crippen LogP contribution in [-0.4, -0.2) is 13.2 Å². The zero-order valence-electron chi connectivity index (χ0n) is 37.6. The van der Waals surface area contributed by atoms with Gasteiger partial charge in [-0.3, -0.25) is 0 Å². The Labute approximate surface area is 365 Å². The highest BCUT2D eigenvalue weighted by Gasteiger charge is 2.24. The summed E-state index contributed by atoms with van der Waals surface area (Å²) in [4.78, 5) is 2.59. The maximum absolute atomic E-state index is 6.04. The van der Waals surface area contributed by atoms with Gasteiger partial charge in [0.2, 0.25) is 0 Å². The molecule has 0 aliphatic heterocycles. The average molecular weight is 815 g/mol. The molecule has 3 heteroatoms. The zero-order valence-corrected chi connectivity index (χ0v) is 38.4. The Kier molecular flexibility index (Phi) is 19.2. The van der Waals surface area contributed by atoms with Gasteiger partial charge in [-0.15, -0.1) is 0 Å². The van der Waals surface area contributed by atoms with Crippen molar-refractivity contribution in [1.82, 2.24) is 0 Å². The number of benzene rings is 4. The van der Waals surface area contributed by atoms with Crippen molar-refractivity contribution < 1.29 is 9.47 Å². The number of ether oxygens (including phenoxy) is 2. The molecule has 0 unspecified atom stereocenters. The summed E-state index contributed by atoms with van der Waals surface area (Å²) in [5.74, 6) is 5.24. The van der Waals surface area contributed by atoms with E-state index in [2.05, 4.69) is 113 Å². The van der Waals surface area contributed by atoms with Crippen LogP contribution in [-0.2, 0) is 12.8 Å². The molecule has 0 N–H and O–H groups in total. The second-order valence-corrected chi connectivity index (χ2v) is 19.3. The highest BCUT2D eigenvalue weighted by atomic mass is 32.2. The second kappa shape index (κ2) is 24.9. The Morgan fingerprint density at radius 3 is 1.20 bits per heavy atom. The van der Waals surface area contributed by atoms with Crippen molar-refractivity contribution in [2.45, 2.75) is 191 Å². The average Bonchev–Trinajstić information content (AvgIpc) is 3.26. The molecule has 0 atom stereocenters. The zero-order chi connectivity index (χ0) is 41.1. The van der Waals surface area contributed by atoms with Crippen LogP contribution in [0.2, 0.25) is 0 Å². The smallest absolute Gasteiger partial charge is 0.119 e. The quantitative estimate of drug-likeness (QED) is 0.0657. The lowest BCUT2D eigenvalue weighted by molar-refractivity contribution is 0.302. The van der Waals surface area contributed by atoms with Crippen molar-refractivity contribution >= 4 is 11.8 Å². The van der Waals surface area contributed by atoms with Crippen LogP contribution in [0.25, 0.3) is 0 Å². The lowest BCUT2D eigenvalue weighted by Gasteiger charge is -2.29. The molecule has 0 bridgehead atoms. The first-order valence-electron chi connectivity index (χ1n) is 24.4. The van der Waals surface area contributed by atoms with E-state index in [4.69, 9.17) is 9.47 Å². The molecule has 2 saturated carbocycles. The number of rotatable bonds is 24. The summed E-state index contributed by atoms with van der Waals surface area (Å²) in [7, 11) is 0. The van der Waals surface area contributed by atoms with E-state index in [1.807, 2.05) is 11.8 Å². The van der Waals surface area contributed by atoms with E-state index in [0.717, 1.165) is 48.0 Å². The third-order valence-corrected chi connectivity index (χ3v) is 15.0. The molecule has 0 radical (unpaired) electrons. The fourth-order valence-electron chi connectivity index (χ4n) is 10.1. The third-order valence-electron chi connectivity index (χ3n) is 13.7. The van der Waals surface area contributed by atoms with E-state index in [9.17, 15) is 0 Å². The van der Waals surface area contributed by atoms with Gasteiger partial charge in [-0.2, -0.15) is 0 Å². The molecule has 2 aliphatic carbocycles. The molecular weight excluding hydrogens is 737 g/mol. The van der Waals surface area contributed by atoms with Crippen molar-refractivity contribution in [3.8, 4) is 11.5 Å². The summed E-state index contributed by atoms with van der Waals surface area (Å²) in [5, 5.41) is 0. The maximum Gasteiger partial charge on any atom is 0.119 e. The Bertz CT molecular complexity index is 1630. The van der Waals surface area contributed by atoms with Gasteiger partial charge in [-0.05, 0) is 172 Å². The predicted molar refractivity (Wildman–Crippen MR) is 254 cm³/mol.